The molecule has 19 heteroatoms. The Morgan fingerprint density at radius 3 is 0.932 bits per heavy atom. The summed E-state index contributed by atoms with van der Waals surface area (Å²) in [5, 5.41) is 10.5. The van der Waals surface area contributed by atoms with Crippen LogP contribution in [0.5, 0.6) is 0 Å². The molecule has 0 aliphatic carbocycles. The van der Waals surface area contributed by atoms with Crippen LogP contribution < -0.4 is 0 Å². The Morgan fingerprint density at radius 1 is 0.352 bits per heavy atom. The van der Waals surface area contributed by atoms with E-state index in [0.717, 1.165) is 121 Å². The molecular formula is C69H130O17P2. The highest BCUT2D eigenvalue weighted by atomic mass is 31.2. The van der Waals surface area contributed by atoms with Gasteiger partial charge in [-0.3, -0.25) is 37.3 Å². The molecule has 88 heavy (non-hydrogen) atoms. The lowest BCUT2D eigenvalue weighted by Crippen LogP contribution is -2.30. The minimum Gasteiger partial charge on any atom is -0.462 e. The van der Waals surface area contributed by atoms with Crippen LogP contribution in [0.3, 0.4) is 0 Å². The molecule has 0 aromatic heterocycles. The Balaban J connectivity index is 5.21. The van der Waals surface area contributed by atoms with Crippen LogP contribution >= 0.6 is 15.6 Å². The summed E-state index contributed by atoms with van der Waals surface area (Å²) >= 11 is 0. The van der Waals surface area contributed by atoms with Crippen molar-refractivity contribution in [3.05, 3.63) is 24.3 Å². The molecule has 0 aromatic rings. The van der Waals surface area contributed by atoms with Crippen LogP contribution in [0, 0.1) is 11.8 Å². The van der Waals surface area contributed by atoms with Gasteiger partial charge in [-0.15, -0.1) is 0 Å². The summed E-state index contributed by atoms with van der Waals surface area (Å²) in [6.45, 7) is 9.38. The zero-order valence-corrected chi connectivity index (χ0v) is 58.3. The quantitative estimate of drug-likeness (QED) is 0.0169. The SMILES string of the molecule is CCCCCC/C=C\C=C/CCCCCCCC(=O)O[C@H](COC(=O)CCCCCCCCCCCCCC(C)C)COP(=O)(O)OC[C@@H](O)COP(=O)(O)OC[C@@H](COC(=O)CCCCCCC)OC(=O)CCCCCCCCCCCCCC(C)C. The van der Waals surface area contributed by atoms with Crippen molar-refractivity contribution in [1.82, 2.24) is 0 Å². The number of aliphatic hydroxyl groups excluding tert-OH is 1. The Kier molecular flexibility index (Phi) is 59.1. The first-order chi connectivity index (χ1) is 42.4. The highest BCUT2D eigenvalue weighted by Crippen LogP contribution is 2.45. The van der Waals surface area contributed by atoms with Gasteiger partial charge in [-0.25, -0.2) is 9.13 Å². The van der Waals surface area contributed by atoms with Gasteiger partial charge in [0.25, 0.3) is 0 Å². The number of phosphoric ester groups is 2. The van der Waals surface area contributed by atoms with E-state index in [1.54, 1.807) is 0 Å². The van der Waals surface area contributed by atoms with Gasteiger partial charge in [-0.05, 0) is 63.2 Å². The van der Waals surface area contributed by atoms with Crippen molar-refractivity contribution >= 4 is 39.5 Å². The number of rotatable bonds is 66. The number of aliphatic hydroxyl groups is 1. The lowest BCUT2D eigenvalue weighted by atomic mass is 10.0. The number of unbranched alkanes of at least 4 members (excludes halogenated alkanes) is 33. The predicted molar refractivity (Wildman–Crippen MR) is 354 cm³/mol. The van der Waals surface area contributed by atoms with E-state index in [4.69, 9.17) is 37.0 Å². The summed E-state index contributed by atoms with van der Waals surface area (Å²) in [5.41, 5.74) is 0. The second-order valence-electron chi connectivity index (χ2n) is 25.2. The molecule has 3 N–H and O–H groups in total. The molecule has 0 heterocycles. The van der Waals surface area contributed by atoms with E-state index in [2.05, 4.69) is 65.8 Å². The Hall–Kier alpha value is -2.46. The molecule has 17 nitrogen and oxygen atoms in total. The van der Waals surface area contributed by atoms with Gasteiger partial charge in [0, 0.05) is 25.7 Å². The van der Waals surface area contributed by atoms with Gasteiger partial charge >= 0.3 is 39.5 Å². The van der Waals surface area contributed by atoms with E-state index in [1.165, 1.54) is 122 Å². The minimum absolute atomic E-state index is 0.0847. The molecule has 0 radical (unpaired) electrons. The maximum Gasteiger partial charge on any atom is 0.472 e. The van der Waals surface area contributed by atoms with Crippen LogP contribution in [-0.4, -0.2) is 96.7 Å². The van der Waals surface area contributed by atoms with Crippen molar-refractivity contribution in [3.8, 4) is 0 Å². The van der Waals surface area contributed by atoms with Gasteiger partial charge < -0.3 is 33.8 Å². The minimum atomic E-state index is -4.96. The molecule has 0 saturated heterocycles. The average Bonchev–Trinajstić information content (AvgIpc) is 3.69. The van der Waals surface area contributed by atoms with Crippen molar-refractivity contribution in [2.75, 3.05) is 39.6 Å². The Morgan fingerprint density at radius 2 is 0.614 bits per heavy atom. The largest absolute Gasteiger partial charge is 0.472 e. The molecule has 2 unspecified atom stereocenters. The van der Waals surface area contributed by atoms with E-state index in [0.29, 0.717) is 25.7 Å². The Labute approximate surface area is 535 Å². The van der Waals surface area contributed by atoms with E-state index in [9.17, 15) is 43.2 Å². The maximum absolute atomic E-state index is 13.0. The first-order valence-corrected chi connectivity index (χ1v) is 38.3. The van der Waals surface area contributed by atoms with Gasteiger partial charge in [-0.2, -0.15) is 0 Å². The van der Waals surface area contributed by atoms with Gasteiger partial charge in [-0.1, -0.05) is 271 Å². The first-order valence-electron chi connectivity index (χ1n) is 35.3. The fourth-order valence-electron chi connectivity index (χ4n) is 9.87. The number of hydrogen-bond acceptors (Lipinski definition) is 15. The smallest absolute Gasteiger partial charge is 0.462 e. The predicted octanol–water partition coefficient (Wildman–Crippen LogP) is 19.2. The third-order valence-corrected chi connectivity index (χ3v) is 17.2. The standard InChI is InChI=1S/C69H130O17P2/c1-7-9-11-13-14-15-16-17-18-19-24-30-35-41-47-53-69(74)86-65(58-80-67(72)52-46-40-34-29-25-20-22-27-32-38-43-49-61(3)4)60-84-88(77,78)82-56-63(70)55-81-87(75,76)83-59-64(57-79-66(71)51-45-37-12-10-8-2)85-68(73)54-48-42-36-31-26-21-23-28-33-39-44-50-62(5)6/h15-18,61-65,70H,7-14,19-60H2,1-6H3,(H,75,76)(H,77,78)/b16-15-,18-17-/t63-,64+,65+/m0/s1. The topological polar surface area (TPSA) is 237 Å². The van der Waals surface area contributed by atoms with Crippen molar-refractivity contribution in [2.45, 2.75) is 342 Å². The van der Waals surface area contributed by atoms with Gasteiger partial charge in [0.05, 0.1) is 26.4 Å². The maximum atomic E-state index is 13.0. The van der Waals surface area contributed by atoms with Gasteiger partial charge in [0.1, 0.15) is 19.3 Å². The molecule has 0 rings (SSSR count). The third-order valence-electron chi connectivity index (χ3n) is 15.3. The molecule has 0 amide bonds. The molecule has 0 bridgehead atoms. The summed E-state index contributed by atoms with van der Waals surface area (Å²) in [4.78, 5) is 72.2. The number of ether oxygens (including phenoxy) is 4. The summed E-state index contributed by atoms with van der Waals surface area (Å²) in [7, 11) is -9.90. The van der Waals surface area contributed by atoms with E-state index < -0.39 is 97.5 Å². The monoisotopic (exact) mass is 1290 g/mol. The lowest BCUT2D eigenvalue weighted by molar-refractivity contribution is -0.161. The number of hydrogen-bond donors (Lipinski definition) is 3. The highest BCUT2D eigenvalue weighted by Gasteiger charge is 2.30. The summed E-state index contributed by atoms with van der Waals surface area (Å²) in [6, 6.07) is 0. The molecule has 0 fully saturated rings. The summed E-state index contributed by atoms with van der Waals surface area (Å²) in [6.07, 6.45) is 48.3. The second-order valence-corrected chi connectivity index (χ2v) is 28.1. The number of carbonyl (C=O) groups is 4. The summed E-state index contributed by atoms with van der Waals surface area (Å²) < 4.78 is 68.0. The molecule has 0 saturated carbocycles. The third kappa shape index (κ3) is 62.4. The van der Waals surface area contributed by atoms with Gasteiger partial charge in [0.2, 0.25) is 0 Å². The van der Waals surface area contributed by atoms with Gasteiger partial charge in [0.15, 0.2) is 12.2 Å². The van der Waals surface area contributed by atoms with E-state index in [-0.39, 0.29) is 25.7 Å². The molecule has 5 atom stereocenters. The van der Waals surface area contributed by atoms with Crippen molar-refractivity contribution < 1.29 is 80.2 Å². The van der Waals surface area contributed by atoms with Crippen molar-refractivity contribution in [2.24, 2.45) is 11.8 Å². The number of phosphoric acid groups is 2. The average molecular weight is 1290 g/mol. The molecule has 0 aliphatic rings. The normalized spacial score (nSPS) is 14.4. The molecule has 0 spiro atoms. The van der Waals surface area contributed by atoms with Crippen LogP contribution in [0.4, 0.5) is 0 Å². The summed E-state index contributed by atoms with van der Waals surface area (Å²) in [5.74, 6) is -0.634. The lowest BCUT2D eigenvalue weighted by Gasteiger charge is -2.21. The fourth-order valence-corrected chi connectivity index (χ4v) is 11.5. The van der Waals surface area contributed by atoms with Crippen molar-refractivity contribution in [3.63, 3.8) is 0 Å². The van der Waals surface area contributed by atoms with Crippen LogP contribution in [0.2, 0.25) is 0 Å². The van der Waals surface area contributed by atoms with Crippen LogP contribution in [0.25, 0.3) is 0 Å². The molecule has 518 valence electrons. The molecule has 0 aromatic carbocycles. The number of allylic oxidation sites excluding steroid dienone is 4. The van der Waals surface area contributed by atoms with Crippen LogP contribution in [-0.2, 0) is 65.4 Å². The second kappa shape index (κ2) is 60.8. The number of esters is 4. The van der Waals surface area contributed by atoms with E-state index in [1.807, 2.05) is 0 Å². The fraction of sp³-hybridized carbons (Fsp3) is 0.884. The molecular weight excluding hydrogens is 1160 g/mol. The highest BCUT2D eigenvalue weighted by molar-refractivity contribution is 7.47. The zero-order chi connectivity index (χ0) is 65.0. The van der Waals surface area contributed by atoms with E-state index >= 15 is 0 Å². The van der Waals surface area contributed by atoms with Crippen molar-refractivity contribution in [1.29, 1.82) is 0 Å². The first kappa shape index (κ1) is 85.5. The number of carbonyl (C=O) groups excluding carboxylic acids is 4. The molecule has 0 aliphatic heterocycles. The Bertz CT molecular complexity index is 1810. The van der Waals surface area contributed by atoms with Crippen LogP contribution in [0.1, 0.15) is 324 Å². The zero-order valence-electron chi connectivity index (χ0n) is 56.5. The van der Waals surface area contributed by atoms with Crippen LogP contribution in [0.15, 0.2) is 24.3 Å².